The highest BCUT2D eigenvalue weighted by atomic mass is 32.1. The van der Waals surface area contributed by atoms with Gasteiger partial charge in [-0.25, -0.2) is 0 Å². The first kappa shape index (κ1) is 13.1. The van der Waals surface area contributed by atoms with E-state index in [1.165, 1.54) is 6.21 Å². The summed E-state index contributed by atoms with van der Waals surface area (Å²) in [5.74, 6) is 0.955. The summed E-state index contributed by atoms with van der Waals surface area (Å²) in [6, 6.07) is 10.6. The monoisotopic (exact) mass is 275 g/mol. The number of hydrazone groups is 1. The molecule has 0 spiro atoms. The molecule has 2 aromatic rings. The van der Waals surface area contributed by atoms with Crippen LogP contribution in [0.25, 0.3) is 0 Å². The first-order valence-corrected chi connectivity index (χ1v) is 6.04. The largest absolute Gasteiger partial charge is 0.507 e. The first-order chi connectivity index (χ1) is 9.25. The average Bonchev–Trinajstić information content (AvgIpc) is 2.92. The lowest BCUT2D eigenvalue weighted by Crippen LogP contribution is -2.31. The van der Waals surface area contributed by atoms with E-state index in [4.69, 9.17) is 16.6 Å². The lowest BCUT2D eigenvalue weighted by Gasteiger charge is -2.04. The number of aromatic hydroxyl groups is 1. The second-order valence-corrected chi connectivity index (χ2v) is 4.10. The molecule has 5 nitrogen and oxygen atoms in total. The van der Waals surface area contributed by atoms with Crippen molar-refractivity contribution >= 4 is 23.5 Å². The number of hydrogen-bond donors (Lipinski definition) is 3. The highest BCUT2D eigenvalue weighted by Crippen LogP contribution is 2.12. The minimum atomic E-state index is 0.169. The normalized spacial score (nSPS) is 10.5. The van der Waals surface area contributed by atoms with Crippen molar-refractivity contribution in [1.82, 2.24) is 10.7 Å². The molecule has 0 aliphatic carbocycles. The fraction of sp³-hybridized carbons (Fsp3) is 0.0769. The highest BCUT2D eigenvalue weighted by molar-refractivity contribution is 7.80. The van der Waals surface area contributed by atoms with E-state index in [0.717, 1.165) is 5.76 Å². The van der Waals surface area contributed by atoms with Crippen molar-refractivity contribution in [2.45, 2.75) is 6.54 Å². The third-order valence-corrected chi connectivity index (χ3v) is 2.55. The van der Waals surface area contributed by atoms with Gasteiger partial charge < -0.3 is 14.8 Å². The third kappa shape index (κ3) is 4.11. The topological polar surface area (TPSA) is 69.8 Å². The van der Waals surface area contributed by atoms with Gasteiger partial charge in [0.15, 0.2) is 5.11 Å². The number of rotatable bonds is 4. The zero-order valence-corrected chi connectivity index (χ0v) is 10.9. The minimum Gasteiger partial charge on any atom is -0.507 e. The van der Waals surface area contributed by atoms with Gasteiger partial charge in [-0.15, -0.1) is 0 Å². The molecule has 3 N–H and O–H groups in total. The van der Waals surface area contributed by atoms with Gasteiger partial charge in [0.25, 0.3) is 0 Å². The number of benzene rings is 1. The summed E-state index contributed by atoms with van der Waals surface area (Å²) >= 11 is 5.04. The molecule has 1 heterocycles. The molecule has 98 valence electrons. The smallest absolute Gasteiger partial charge is 0.187 e. The molecule has 0 atom stereocenters. The van der Waals surface area contributed by atoms with Crippen LogP contribution < -0.4 is 10.7 Å². The van der Waals surface area contributed by atoms with E-state index in [1.54, 1.807) is 24.5 Å². The molecule has 0 aliphatic rings. The van der Waals surface area contributed by atoms with Crippen molar-refractivity contribution in [3.05, 3.63) is 54.0 Å². The minimum absolute atomic E-state index is 0.169. The lowest BCUT2D eigenvalue weighted by atomic mass is 10.2. The summed E-state index contributed by atoms with van der Waals surface area (Å²) in [6.45, 7) is 0.491. The second-order valence-electron chi connectivity index (χ2n) is 3.69. The van der Waals surface area contributed by atoms with Crippen LogP contribution in [0.5, 0.6) is 5.75 Å². The Kier molecular flexibility index (Phi) is 4.52. The van der Waals surface area contributed by atoms with Crippen LogP contribution in [-0.4, -0.2) is 16.4 Å². The van der Waals surface area contributed by atoms with Gasteiger partial charge in [-0.2, -0.15) is 5.10 Å². The molecule has 0 saturated carbocycles. The SMILES string of the molecule is Oc1ccccc1/C=N/NC(=S)NCc1ccco1. The Morgan fingerprint density at radius 3 is 2.89 bits per heavy atom. The van der Waals surface area contributed by atoms with Gasteiger partial charge in [0.05, 0.1) is 19.0 Å². The predicted octanol–water partition coefficient (Wildman–Crippen LogP) is 1.98. The number of furan rings is 1. The summed E-state index contributed by atoms with van der Waals surface area (Å²) in [5, 5.41) is 16.8. The summed E-state index contributed by atoms with van der Waals surface area (Å²) in [7, 11) is 0. The van der Waals surface area contributed by atoms with E-state index < -0.39 is 0 Å². The van der Waals surface area contributed by atoms with E-state index in [0.29, 0.717) is 17.2 Å². The van der Waals surface area contributed by atoms with Gasteiger partial charge in [-0.1, -0.05) is 12.1 Å². The van der Waals surface area contributed by atoms with Gasteiger partial charge in [0.2, 0.25) is 0 Å². The van der Waals surface area contributed by atoms with Gasteiger partial charge in [0, 0.05) is 5.56 Å². The second kappa shape index (κ2) is 6.55. The van der Waals surface area contributed by atoms with Crippen LogP contribution in [0.1, 0.15) is 11.3 Å². The Balaban J connectivity index is 1.79. The molecule has 19 heavy (non-hydrogen) atoms. The van der Waals surface area contributed by atoms with E-state index in [9.17, 15) is 5.11 Å². The molecule has 0 amide bonds. The van der Waals surface area contributed by atoms with Crippen molar-refractivity contribution in [2.75, 3.05) is 0 Å². The van der Waals surface area contributed by atoms with Gasteiger partial charge in [-0.05, 0) is 36.5 Å². The zero-order valence-electron chi connectivity index (χ0n) is 10.0. The quantitative estimate of drug-likeness (QED) is 0.452. The molecule has 6 heteroatoms. The summed E-state index contributed by atoms with van der Waals surface area (Å²) in [4.78, 5) is 0. The number of phenolic OH excluding ortho intramolecular Hbond substituents is 1. The standard InChI is InChI=1S/C13H13N3O2S/c17-12-6-2-1-4-10(12)8-15-16-13(19)14-9-11-5-3-7-18-11/h1-8,17H,9H2,(H2,14,16,19)/b15-8+. The third-order valence-electron chi connectivity index (χ3n) is 2.31. The Morgan fingerprint density at radius 1 is 1.32 bits per heavy atom. The van der Waals surface area contributed by atoms with Crippen LogP contribution in [0.2, 0.25) is 0 Å². The fourth-order valence-corrected chi connectivity index (χ4v) is 1.50. The molecule has 0 saturated heterocycles. The van der Waals surface area contributed by atoms with E-state index in [1.807, 2.05) is 18.2 Å². The summed E-state index contributed by atoms with van der Waals surface area (Å²) < 4.78 is 5.15. The Hall–Kier alpha value is -2.34. The summed E-state index contributed by atoms with van der Waals surface area (Å²) in [6.07, 6.45) is 3.10. The average molecular weight is 275 g/mol. The molecule has 2 rings (SSSR count). The number of para-hydroxylation sites is 1. The van der Waals surface area contributed by atoms with E-state index in [2.05, 4.69) is 15.8 Å². The lowest BCUT2D eigenvalue weighted by molar-refractivity contribution is 0.474. The van der Waals surface area contributed by atoms with Crippen LogP contribution in [0.4, 0.5) is 0 Å². The van der Waals surface area contributed by atoms with Gasteiger partial charge >= 0.3 is 0 Å². The molecule has 0 radical (unpaired) electrons. The van der Waals surface area contributed by atoms with Crippen molar-refractivity contribution < 1.29 is 9.52 Å². The number of hydrogen-bond acceptors (Lipinski definition) is 4. The molecular formula is C13H13N3O2S. The van der Waals surface area contributed by atoms with Crippen LogP contribution >= 0.6 is 12.2 Å². The van der Waals surface area contributed by atoms with Crippen LogP contribution in [0.15, 0.2) is 52.2 Å². The van der Waals surface area contributed by atoms with Gasteiger partial charge in [-0.3, -0.25) is 5.43 Å². The molecule has 0 unspecified atom stereocenters. The fourth-order valence-electron chi connectivity index (χ4n) is 1.38. The van der Waals surface area contributed by atoms with E-state index >= 15 is 0 Å². The molecular weight excluding hydrogens is 262 g/mol. The van der Waals surface area contributed by atoms with Crippen LogP contribution in [0, 0.1) is 0 Å². The van der Waals surface area contributed by atoms with Crippen molar-refractivity contribution in [1.29, 1.82) is 0 Å². The van der Waals surface area contributed by atoms with Crippen LogP contribution in [0.3, 0.4) is 0 Å². The Bertz CT molecular complexity index is 567. The summed E-state index contributed by atoms with van der Waals surface area (Å²) in [5.41, 5.74) is 3.27. The molecule has 0 aliphatic heterocycles. The first-order valence-electron chi connectivity index (χ1n) is 5.63. The molecule has 1 aromatic heterocycles. The van der Waals surface area contributed by atoms with Crippen LogP contribution in [-0.2, 0) is 6.54 Å². The number of phenols is 1. The molecule has 0 bridgehead atoms. The number of nitrogens with zero attached hydrogens (tertiary/aromatic N) is 1. The Labute approximate surface area is 115 Å². The predicted molar refractivity (Wildman–Crippen MR) is 77.0 cm³/mol. The van der Waals surface area contributed by atoms with Crippen molar-refractivity contribution in [2.24, 2.45) is 5.10 Å². The number of thiocarbonyl (C=S) groups is 1. The number of nitrogens with one attached hydrogen (secondary N) is 2. The Morgan fingerprint density at radius 2 is 2.16 bits per heavy atom. The molecule has 1 aromatic carbocycles. The maximum absolute atomic E-state index is 9.52. The maximum Gasteiger partial charge on any atom is 0.187 e. The van der Waals surface area contributed by atoms with Crippen molar-refractivity contribution in [3.63, 3.8) is 0 Å². The molecule has 0 fully saturated rings. The van der Waals surface area contributed by atoms with E-state index in [-0.39, 0.29) is 5.75 Å². The van der Waals surface area contributed by atoms with Gasteiger partial charge in [0.1, 0.15) is 11.5 Å². The maximum atomic E-state index is 9.52. The van der Waals surface area contributed by atoms with Crippen molar-refractivity contribution in [3.8, 4) is 5.75 Å². The zero-order chi connectivity index (χ0) is 13.5. The highest BCUT2D eigenvalue weighted by Gasteiger charge is 1.97.